The summed E-state index contributed by atoms with van der Waals surface area (Å²) in [6.45, 7) is 7.19. The molecule has 0 saturated carbocycles. The summed E-state index contributed by atoms with van der Waals surface area (Å²) in [7, 11) is 0. The first kappa shape index (κ1) is 47.3. The van der Waals surface area contributed by atoms with E-state index in [2.05, 4.69) is 21.3 Å². The van der Waals surface area contributed by atoms with Crippen LogP contribution in [0.3, 0.4) is 0 Å². The first-order valence-corrected chi connectivity index (χ1v) is 21.0. The number of benzene rings is 4. The van der Waals surface area contributed by atoms with E-state index in [-0.39, 0.29) is 37.5 Å². The Hall–Kier alpha value is -5.40. The number of aliphatic hydroxyl groups is 2. The van der Waals surface area contributed by atoms with Crippen LogP contribution in [0.5, 0.6) is 0 Å². The zero-order chi connectivity index (χ0) is 43.6. The van der Waals surface area contributed by atoms with Gasteiger partial charge < -0.3 is 42.9 Å². The van der Waals surface area contributed by atoms with Crippen LogP contribution in [0, 0.1) is 11.8 Å². The molecule has 0 bridgehead atoms. The molecule has 10 N–H and O–H groups in total. The topological polar surface area (TPSA) is 209 Å². The van der Waals surface area contributed by atoms with E-state index in [9.17, 15) is 29.4 Å². The molecule has 0 saturated heterocycles. The van der Waals surface area contributed by atoms with Crippen LogP contribution >= 0.6 is 0 Å². The number of carbonyl (C=O) groups excluding carboxylic acids is 4. The van der Waals surface area contributed by atoms with Crippen LogP contribution in [0.15, 0.2) is 121 Å². The molecule has 12 nitrogen and oxygen atoms in total. The van der Waals surface area contributed by atoms with Gasteiger partial charge in [-0.15, -0.1) is 0 Å². The van der Waals surface area contributed by atoms with Crippen molar-refractivity contribution >= 4 is 23.6 Å². The minimum absolute atomic E-state index is 0.226. The molecular formula is C48H64N6O6. The van der Waals surface area contributed by atoms with Gasteiger partial charge in [0.25, 0.3) is 0 Å². The molecule has 12 heteroatoms. The van der Waals surface area contributed by atoms with Gasteiger partial charge in [0.2, 0.25) is 23.6 Å². The SMILES string of the molecule is CC(C)[C@H](NC(=O)[C@@H](N)Cc1ccccc1)C(=O)N[C@@H](CCc1ccccc1)[C@@H](O)[C@H](O)[C@H](CCc1ccccc1)NC(=O)[C@@H](NC(=O)[C@@H](N)Cc1ccccc1)C(C)C. The third-order valence-electron chi connectivity index (χ3n) is 10.8. The lowest BCUT2D eigenvalue weighted by Gasteiger charge is -2.35. The smallest absolute Gasteiger partial charge is 0.243 e. The standard InChI is InChI=1S/C48H64N6O6/c1-31(2)41(53-45(57)37(49)29-35-21-13-7-14-22-35)47(59)51-39(27-25-33-17-9-5-10-18-33)43(55)44(56)40(28-26-34-19-11-6-12-20-34)52-48(60)42(32(3)4)54-46(58)38(50)30-36-23-15-8-16-24-36/h5-24,31-32,37-44,55-56H,25-30,49-50H2,1-4H3,(H,51,59)(H,52,60)(H,53,57)(H,54,58)/t37-,38-,39-,40-,41-,42-,43+,44+/m0/s1. The molecule has 0 aliphatic heterocycles. The number of rotatable bonds is 23. The van der Waals surface area contributed by atoms with Gasteiger partial charge >= 0.3 is 0 Å². The normalized spacial score (nSPS) is 15.4. The average molecular weight is 821 g/mol. The molecule has 60 heavy (non-hydrogen) atoms. The van der Waals surface area contributed by atoms with Gasteiger partial charge in [0.15, 0.2) is 0 Å². The van der Waals surface area contributed by atoms with Crippen molar-refractivity contribution in [2.45, 2.75) is 115 Å². The van der Waals surface area contributed by atoms with Crippen molar-refractivity contribution in [3.8, 4) is 0 Å². The maximum atomic E-state index is 14.1. The summed E-state index contributed by atoms with van der Waals surface area (Å²) >= 11 is 0. The van der Waals surface area contributed by atoms with Crippen LogP contribution in [-0.2, 0) is 44.9 Å². The predicted molar refractivity (Wildman–Crippen MR) is 235 cm³/mol. The first-order chi connectivity index (χ1) is 28.7. The Labute approximate surface area is 354 Å². The molecule has 0 heterocycles. The van der Waals surface area contributed by atoms with Crippen molar-refractivity contribution in [2.75, 3.05) is 0 Å². The Morgan fingerprint density at radius 2 is 0.733 bits per heavy atom. The van der Waals surface area contributed by atoms with Crippen molar-refractivity contribution in [1.29, 1.82) is 0 Å². The molecule has 0 radical (unpaired) electrons. The van der Waals surface area contributed by atoms with Gasteiger partial charge in [-0.2, -0.15) is 0 Å². The van der Waals surface area contributed by atoms with Gasteiger partial charge in [-0.25, -0.2) is 0 Å². The zero-order valence-corrected chi connectivity index (χ0v) is 35.2. The number of aryl methyl sites for hydroxylation is 2. The van der Waals surface area contributed by atoms with Crippen molar-refractivity contribution in [2.24, 2.45) is 23.3 Å². The zero-order valence-electron chi connectivity index (χ0n) is 35.2. The van der Waals surface area contributed by atoms with E-state index in [0.29, 0.717) is 12.8 Å². The summed E-state index contributed by atoms with van der Waals surface area (Å²) in [6, 6.07) is 32.0. The number of nitrogens with one attached hydrogen (secondary N) is 4. The van der Waals surface area contributed by atoms with Gasteiger partial charge in [-0.3, -0.25) is 19.2 Å². The maximum Gasteiger partial charge on any atom is 0.243 e. The lowest BCUT2D eigenvalue weighted by molar-refractivity contribution is -0.133. The highest BCUT2D eigenvalue weighted by molar-refractivity contribution is 5.91. The second-order valence-corrected chi connectivity index (χ2v) is 16.3. The predicted octanol–water partition coefficient (Wildman–Crippen LogP) is 3.37. The first-order valence-electron chi connectivity index (χ1n) is 21.0. The minimum Gasteiger partial charge on any atom is -0.388 e. The average Bonchev–Trinajstić information content (AvgIpc) is 3.25. The highest BCUT2D eigenvalue weighted by atomic mass is 16.3. The van der Waals surface area contributed by atoms with E-state index in [1.54, 1.807) is 27.7 Å². The largest absolute Gasteiger partial charge is 0.388 e. The van der Waals surface area contributed by atoms with Crippen LogP contribution in [0.2, 0.25) is 0 Å². The Kier molecular flexibility index (Phi) is 18.9. The molecule has 4 rings (SSSR count). The van der Waals surface area contributed by atoms with E-state index in [1.165, 1.54) is 0 Å². The summed E-state index contributed by atoms with van der Waals surface area (Å²) in [5, 5.41) is 35.6. The summed E-state index contributed by atoms with van der Waals surface area (Å²) < 4.78 is 0. The molecule has 0 fully saturated rings. The Balaban J connectivity index is 1.55. The van der Waals surface area contributed by atoms with Crippen LogP contribution in [0.4, 0.5) is 0 Å². The summed E-state index contributed by atoms with van der Waals surface area (Å²) in [6.07, 6.45) is -1.22. The molecule has 4 aromatic carbocycles. The summed E-state index contributed by atoms with van der Waals surface area (Å²) in [5.74, 6) is -2.78. The molecule has 0 aromatic heterocycles. The lowest BCUT2D eigenvalue weighted by atomic mass is 9.90. The second-order valence-electron chi connectivity index (χ2n) is 16.3. The van der Waals surface area contributed by atoms with Crippen molar-refractivity contribution in [3.05, 3.63) is 144 Å². The van der Waals surface area contributed by atoms with Crippen LogP contribution in [-0.4, -0.2) is 82.3 Å². The van der Waals surface area contributed by atoms with Crippen LogP contribution in [0.25, 0.3) is 0 Å². The molecular weight excluding hydrogens is 757 g/mol. The molecule has 0 unspecified atom stereocenters. The molecule has 0 spiro atoms. The maximum absolute atomic E-state index is 14.1. The molecule has 0 aliphatic carbocycles. The van der Waals surface area contributed by atoms with Crippen molar-refractivity contribution < 1.29 is 29.4 Å². The molecule has 322 valence electrons. The molecule has 8 atom stereocenters. The quantitative estimate of drug-likeness (QED) is 0.0556. The van der Waals surface area contributed by atoms with E-state index in [4.69, 9.17) is 11.5 Å². The fourth-order valence-corrected chi connectivity index (χ4v) is 7.12. The van der Waals surface area contributed by atoms with Gasteiger partial charge in [-0.05, 0) is 72.6 Å². The van der Waals surface area contributed by atoms with E-state index in [0.717, 1.165) is 22.3 Å². The highest BCUT2D eigenvalue weighted by Gasteiger charge is 2.37. The van der Waals surface area contributed by atoms with Gasteiger partial charge in [0.05, 0.1) is 24.2 Å². The third-order valence-corrected chi connectivity index (χ3v) is 10.8. The van der Waals surface area contributed by atoms with Gasteiger partial charge in [0, 0.05) is 0 Å². The van der Waals surface area contributed by atoms with E-state index >= 15 is 0 Å². The van der Waals surface area contributed by atoms with E-state index in [1.807, 2.05) is 121 Å². The summed E-state index contributed by atoms with van der Waals surface area (Å²) in [5.41, 5.74) is 16.2. The monoisotopic (exact) mass is 820 g/mol. The number of carbonyl (C=O) groups is 4. The Bertz CT molecular complexity index is 1760. The Morgan fingerprint density at radius 3 is 1.02 bits per heavy atom. The summed E-state index contributed by atoms with van der Waals surface area (Å²) in [4.78, 5) is 54.7. The molecule has 4 amide bonds. The molecule has 4 aromatic rings. The van der Waals surface area contributed by atoms with Crippen LogP contribution in [0.1, 0.15) is 62.8 Å². The van der Waals surface area contributed by atoms with E-state index < -0.39 is 72.1 Å². The fraction of sp³-hybridized carbons (Fsp3) is 0.417. The fourth-order valence-electron chi connectivity index (χ4n) is 7.12. The van der Waals surface area contributed by atoms with Crippen molar-refractivity contribution in [1.82, 2.24) is 21.3 Å². The minimum atomic E-state index is -1.56. The third kappa shape index (κ3) is 15.0. The number of hydrogen-bond donors (Lipinski definition) is 8. The second kappa shape index (κ2) is 24.0. The number of nitrogens with two attached hydrogens (primary N) is 2. The number of amides is 4. The van der Waals surface area contributed by atoms with Crippen molar-refractivity contribution in [3.63, 3.8) is 0 Å². The van der Waals surface area contributed by atoms with Gasteiger partial charge in [-0.1, -0.05) is 149 Å². The van der Waals surface area contributed by atoms with Gasteiger partial charge in [0.1, 0.15) is 24.3 Å². The lowest BCUT2D eigenvalue weighted by Crippen LogP contribution is -2.61. The number of hydrogen-bond acceptors (Lipinski definition) is 8. The highest BCUT2D eigenvalue weighted by Crippen LogP contribution is 2.18. The molecule has 0 aliphatic rings. The number of aliphatic hydroxyl groups excluding tert-OH is 2. The Morgan fingerprint density at radius 1 is 0.450 bits per heavy atom. The van der Waals surface area contributed by atoms with Crippen LogP contribution < -0.4 is 32.7 Å².